The lowest BCUT2D eigenvalue weighted by Gasteiger charge is -2.14. The SMILES string of the molecule is Cc1cc(C(=O)O[C@H](C)C(=O)Nc2ccc3c(c2)OCO3)c(C)n1Cc1ccco1. The van der Waals surface area contributed by atoms with Gasteiger partial charge in [0.1, 0.15) is 5.76 Å². The maximum absolute atomic E-state index is 12.7. The number of rotatable bonds is 6. The van der Waals surface area contributed by atoms with Crippen LogP contribution in [0.5, 0.6) is 11.5 Å². The summed E-state index contributed by atoms with van der Waals surface area (Å²) in [6, 6.07) is 10.5. The summed E-state index contributed by atoms with van der Waals surface area (Å²) in [5.74, 6) is 0.973. The van der Waals surface area contributed by atoms with Crippen LogP contribution in [-0.2, 0) is 16.1 Å². The summed E-state index contributed by atoms with van der Waals surface area (Å²) in [4.78, 5) is 25.1. The number of esters is 1. The van der Waals surface area contributed by atoms with E-state index >= 15 is 0 Å². The van der Waals surface area contributed by atoms with Crippen molar-refractivity contribution < 1.29 is 28.2 Å². The quantitative estimate of drug-likeness (QED) is 0.624. The second-order valence-corrected chi connectivity index (χ2v) is 7.06. The van der Waals surface area contributed by atoms with Gasteiger partial charge in [-0.15, -0.1) is 0 Å². The highest BCUT2D eigenvalue weighted by Gasteiger charge is 2.23. The third-order valence-corrected chi connectivity index (χ3v) is 4.98. The first-order valence-corrected chi connectivity index (χ1v) is 9.53. The second kappa shape index (κ2) is 7.98. The number of amides is 1. The molecule has 1 aliphatic heterocycles. The molecule has 0 saturated carbocycles. The molecular formula is C22H22N2O6. The lowest BCUT2D eigenvalue weighted by molar-refractivity contribution is -0.123. The van der Waals surface area contributed by atoms with Gasteiger partial charge in [-0.1, -0.05) is 0 Å². The normalized spacial score (nSPS) is 13.2. The van der Waals surface area contributed by atoms with Crippen molar-refractivity contribution >= 4 is 17.6 Å². The highest BCUT2D eigenvalue weighted by molar-refractivity contribution is 5.98. The van der Waals surface area contributed by atoms with Crippen LogP contribution in [0.3, 0.4) is 0 Å². The van der Waals surface area contributed by atoms with E-state index in [0.717, 1.165) is 17.1 Å². The van der Waals surface area contributed by atoms with Crippen molar-refractivity contribution in [2.24, 2.45) is 0 Å². The summed E-state index contributed by atoms with van der Waals surface area (Å²) in [7, 11) is 0. The van der Waals surface area contributed by atoms with E-state index in [-0.39, 0.29) is 6.79 Å². The molecule has 1 atom stereocenters. The number of nitrogens with one attached hydrogen (secondary N) is 1. The Hall–Kier alpha value is -3.68. The minimum Gasteiger partial charge on any atom is -0.467 e. The zero-order valence-electron chi connectivity index (χ0n) is 16.9. The molecule has 0 aliphatic carbocycles. The lowest BCUT2D eigenvalue weighted by atomic mass is 10.2. The van der Waals surface area contributed by atoms with Gasteiger partial charge < -0.3 is 28.5 Å². The van der Waals surface area contributed by atoms with E-state index in [1.54, 1.807) is 30.5 Å². The van der Waals surface area contributed by atoms with Crippen molar-refractivity contribution in [3.05, 3.63) is 65.4 Å². The first kappa shape index (κ1) is 19.6. The summed E-state index contributed by atoms with van der Waals surface area (Å²) in [6.45, 7) is 5.94. The summed E-state index contributed by atoms with van der Waals surface area (Å²) in [6.07, 6.45) is 0.634. The van der Waals surface area contributed by atoms with Crippen LogP contribution in [-0.4, -0.2) is 29.3 Å². The molecule has 156 valence electrons. The van der Waals surface area contributed by atoms with Crippen molar-refractivity contribution in [3.63, 3.8) is 0 Å². The zero-order valence-corrected chi connectivity index (χ0v) is 16.9. The van der Waals surface area contributed by atoms with Gasteiger partial charge in [-0.05, 0) is 51.1 Å². The molecule has 3 heterocycles. The Morgan fingerprint density at radius 2 is 1.97 bits per heavy atom. The average Bonchev–Trinajstić information content (AvgIpc) is 3.45. The Bertz CT molecular complexity index is 1080. The monoisotopic (exact) mass is 410 g/mol. The molecule has 30 heavy (non-hydrogen) atoms. The molecule has 4 rings (SSSR count). The van der Waals surface area contributed by atoms with Crippen LogP contribution < -0.4 is 14.8 Å². The summed E-state index contributed by atoms with van der Waals surface area (Å²) >= 11 is 0. The van der Waals surface area contributed by atoms with E-state index in [1.807, 2.05) is 30.5 Å². The number of nitrogens with zero attached hydrogens (tertiary/aromatic N) is 1. The minimum absolute atomic E-state index is 0.152. The zero-order chi connectivity index (χ0) is 21.3. The Morgan fingerprint density at radius 1 is 1.17 bits per heavy atom. The number of hydrogen-bond donors (Lipinski definition) is 1. The van der Waals surface area contributed by atoms with Crippen LogP contribution in [0, 0.1) is 13.8 Å². The van der Waals surface area contributed by atoms with Crippen molar-refractivity contribution in [2.75, 3.05) is 12.1 Å². The Labute approximate surface area is 173 Å². The molecule has 1 amide bonds. The third kappa shape index (κ3) is 3.89. The highest BCUT2D eigenvalue weighted by Crippen LogP contribution is 2.34. The number of benzene rings is 1. The maximum Gasteiger partial charge on any atom is 0.340 e. The van der Waals surface area contributed by atoms with Crippen molar-refractivity contribution in [3.8, 4) is 11.5 Å². The van der Waals surface area contributed by atoms with Gasteiger partial charge in [-0.2, -0.15) is 0 Å². The van der Waals surface area contributed by atoms with E-state index in [1.165, 1.54) is 6.92 Å². The summed E-state index contributed by atoms with van der Waals surface area (Å²) in [5.41, 5.74) is 2.59. The van der Waals surface area contributed by atoms with E-state index in [0.29, 0.717) is 29.3 Å². The highest BCUT2D eigenvalue weighted by atomic mass is 16.7. The number of carbonyl (C=O) groups excluding carboxylic acids is 2. The average molecular weight is 410 g/mol. The number of furan rings is 1. The molecule has 2 aromatic heterocycles. The Morgan fingerprint density at radius 3 is 2.73 bits per heavy atom. The smallest absolute Gasteiger partial charge is 0.340 e. The van der Waals surface area contributed by atoms with Gasteiger partial charge in [0.25, 0.3) is 5.91 Å². The molecule has 1 aliphatic rings. The minimum atomic E-state index is -0.976. The van der Waals surface area contributed by atoms with Gasteiger partial charge in [-0.3, -0.25) is 4.79 Å². The number of ether oxygens (including phenoxy) is 3. The van der Waals surface area contributed by atoms with Gasteiger partial charge >= 0.3 is 5.97 Å². The first-order chi connectivity index (χ1) is 14.4. The predicted octanol–water partition coefficient (Wildman–Crippen LogP) is 3.66. The van der Waals surface area contributed by atoms with E-state index in [4.69, 9.17) is 18.6 Å². The van der Waals surface area contributed by atoms with Gasteiger partial charge in [0.2, 0.25) is 6.79 Å². The Kier molecular flexibility index (Phi) is 5.22. The lowest BCUT2D eigenvalue weighted by Crippen LogP contribution is -2.30. The number of aromatic nitrogens is 1. The molecule has 1 N–H and O–H groups in total. The molecule has 0 spiro atoms. The maximum atomic E-state index is 12.7. The standard InChI is InChI=1S/C22H22N2O6/c1-13-9-18(14(2)24(13)11-17-5-4-8-27-17)22(26)30-15(3)21(25)23-16-6-7-19-20(10-16)29-12-28-19/h4-10,15H,11-12H2,1-3H3,(H,23,25)/t15-/m1/s1. The second-order valence-electron chi connectivity index (χ2n) is 7.06. The summed E-state index contributed by atoms with van der Waals surface area (Å²) < 4.78 is 23.3. The van der Waals surface area contributed by atoms with E-state index in [2.05, 4.69) is 5.32 Å². The number of aryl methyl sites for hydroxylation is 1. The fourth-order valence-corrected chi connectivity index (χ4v) is 3.31. The summed E-state index contributed by atoms with van der Waals surface area (Å²) in [5, 5.41) is 2.72. The van der Waals surface area contributed by atoms with Crippen molar-refractivity contribution in [1.82, 2.24) is 4.57 Å². The van der Waals surface area contributed by atoms with Crippen molar-refractivity contribution in [2.45, 2.75) is 33.4 Å². The molecule has 0 bridgehead atoms. The number of fused-ring (bicyclic) bond motifs is 1. The fourth-order valence-electron chi connectivity index (χ4n) is 3.31. The number of hydrogen-bond acceptors (Lipinski definition) is 6. The first-order valence-electron chi connectivity index (χ1n) is 9.53. The van der Waals surface area contributed by atoms with Gasteiger partial charge in [0.05, 0.1) is 18.4 Å². The van der Waals surface area contributed by atoms with Crippen LogP contribution in [0.15, 0.2) is 47.1 Å². The van der Waals surface area contributed by atoms with E-state index < -0.39 is 18.0 Å². The topological polar surface area (TPSA) is 91.9 Å². The fraction of sp³-hybridized carbons (Fsp3) is 0.273. The molecule has 0 saturated heterocycles. The van der Waals surface area contributed by atoms with Crippen LogP contribution >= 0.6 is 0 Å². The molecule has 0 radical (unpaired) electrons. The van der Waals surface area contributed by atoms with Crippen LogP contribution in [0.4, 0.5) is 5.69 Å². The molecular weight excluding hydrogens is 388 g/mol. The Balaban J connectivity index is 1.41. The van der Waals surface area contributed by atoms with Crippen LogP contribution in [0.1, 0.15) is 34.4 Å². The van der Waals surface area contributed by atoms with Crippen LogP contribution in [0.2, 0.25) is 0 Å². The van der Waals surface area contributed by atoms with Crippen LogP contribution in [0.25, 0.3) is 0 Å². The molecule has 3 aromatic rings. The van der Waals surface area contributed by atoms with E-state index in [9.17, 15) is 9.59 Å². The number of anilines is 1. The number of carbonyl (C=O) groups is 2. The van der Waals surface area contributed by atoms with Gasteiger partial charge in [0, 0.05) is 23.1 Å². The molecule has 8 heteroatoms. The van der Waals surface area contributed by atoms with Gasteiger partial charge in [-0.25, -0.2) is 4.79 Å². The molecule has 0 fully saturated rings. The molecule has 1 aromatic carbocycles. The largest absolute Gasteiger partial charge is 0.467 e. The predicted molar refractivity (Wildman–Crippen MR) is 108 cm³/mol. The van der Waals surface area contributed by atoms with Crippen molar-refractivity contribution in [1.29, 1.82) is 0 Å². The third-order valence-electron chi connectivity index (χ3n) is 4.98. The molecule has 0 unspecified atom stereocenters. The van der Waals surface area contributed by atoms with Gasteiger partial charge in [0.15, 0.2) is 17.6 Å². The molecule has 8 nitrogen and oxygen atoms in total.